The molecule has 2 saturated heterocycles. The lowest BCUT2D eigenvalue weighted by molar-refractivity contribution is -0.122. The number of pyridine rings is 1. The van der Waals surface area contributed by atoms with Crippen molar-refractivity contribution in [1.82, 2.24) is 15.2 Å². The van der Waals surface area contributed by atoms with E-state index in [4.69, 9.17) is 14.5 Å². The number of methoxy groups -OCH3 is 1. The molecule has 33 heavy (non-hydrogen) atoms. The lowest BCUT2D eigenvalue weighted by Crippen LogP contribution is -2.52. The lowest BCUT2D eigenvalue weighted by Gasteiger charge is -2.34. The van der Waals surface area contributed by atoms with Crippen LogP contribution in [0.15, 0.2) is 42.6 Å². The lowest BCUT2D eigenvalue weighted by atomic mass is 9.81. The van der Waals surface area contributed by atoms with Gasteiger partial charge < -0.3 is 14.8 Å². The van der Waals surface area contributed by atoms with E-state index in [0.717, 1.165) is 74.5 Å². The molecule has 6 nitrogen and oxygen atoms in total. The van der Waals surface area contributed by atoms with Crippen LogP contribution in [0.5, 0.6) is 11.5 Å². The van der Waals surface area contributed by atoms with Crippen LogP contribution in [-0.2, 0) is 11.3 Å². The second-order valence-electron chi connectivity index (χ2n) is 9.86. The molecule has 1 N–H and O–H groups in total. The molecule has 176 valence electrons. The summed E-state index contributed by atoms with van der Waals surface area (Å²) in [6, 6.07) is 12.3. The van der Waals surface area contributed by atoms with Gasteiger partial charge in [0.15, 0.2) is 11.5 Å². The number of nitrogens with zero attached hydrogens (tertiary/aromatic N) is 2. The fraction of sp³-hybridized carbons (Fsp3) is 0.556. The Kier molecular flexibility index (Phi) is 6.54. The van der Waals surface area contributed by atoms with Crippen molar-refractivity contribution >= 4 is 5.91 Å². The number of hydrogen-bond acceptors (Lipinski definition) is 5. The first-order chi connectivity index (χ1) is 16.2. The van der Waals surface area contributed by atoms with Gasteiger partial charge in [0, 0.05) is 49.4 Å². The zero-order chi connectivity index (χ0) is 22.7. The number of ether oxygens (including phenoxy) is 2. The Morgan fingerprint density at radius 2 is 2.00 bits per heavy atom. The second kappa shape index (κ2) is 9.72. The quantitative estimate of drug-likeness (QED) is 0.706. The van der Waals surface area contributed by atoms with Crippen molar-refractivity contribution < 1.29 is 14.3 Å². The van der Waals surface area contributed by atoms with E-state index in [1.807, 2.05) is 30.5 Å². The molecule has 0 unspecified atom stereocenters. The van der Waals surface area contributed by atoms with E-state index in [1.54, 1.807) is 7.11 Å². The molecule has 3 fully saturated rings. The maximum Gasteiger partial charge on any atom is 0.220 e. The van der Waals surface area contributed by atoms with Gasteiger partial charge in [-0.2, -0.15) is 0 Å². The number of benzene rings is 1. The van der Waals surface area contributed by atoms with Crippen molar-refractivity contribution in [3.05, 3.63) is 53.9 Å². The van der Waals surface area contributed by atoms with Gasteiger partial charge in [0.05, 0.1) is 18.8 Å². The zero-order valence-electron chi connectivity index (χ0n) is 19.6. The van der Waals surface area contributed by atoms with E-state index in [9.17, 15) is 4.79 Å². The normalized spacial score (nSPS) is 26.3. The molecule has 1 saturated carbocycles. The smallest absolute Gasteiger partial charge is 0.220 e. The van der Waals surface area contributed by atoms with Crippen LogP contribution >= 0.6 is 0 Å². The first-order valence-corrected chi connectivity index (χ1v) is 12.4. The number of likely N-dealkylation sites (tertiary alicyclic amines) is 1. The molecule has 3 heterocycles. The van der Waals surface area contributed by atoms with Crippen LogP contribution in [0.4, 0.5) is 0 Å². The third-order valence-electron chi connectivity index (χ3n) is 7.58. The number of aromatic nitrogens is 1. The minimum atomic E-state index is -0.271. The average molecular weight is 450 g/mol. The van der Waals surface area contributed by atoms with Gasteiger partial charge in [-0.15, -0.1) is 0 Å². The minimum Gasteiger partial charge on any atom is -0.493 e. The van der Waals surface area contributed by atoms with Crippen LogP contribution in [0.2, 0.25) is 0 Å². The van der Waals surface area contributed by atoms with Gasteiger partial charge in [0.25, 0.3) is 0 Å². The molecule has 1 amide bonds. The fourth-order valence-electron chi connectivity index (χ4n) is 5.99. The van der Waals surface area contributed by atoms with Crippen LogP contribution in [0.1, 0.15) is 68.5 Å². The van der Waals surface area contributed by atoms with Crippen molar-refractivity contribution in [2.75, 3.05) is 20.2 Å². The largest absolute Gasteiger partial charge is 0.493 e. The highest BCUT2D eigenvalue weighted by Crippen LogP contribution is 2.42. The summed E-state index contributed by atoms with van der Waals surface area (Å²) in [5.74, 6) is 2.02. The van der Waals surface area contributed by atoms with Gasteiger partial charge in [-0.25, -0.2) is 0 Å². The molecule has 2 atom stereocenters. The first kappa shape index (κ1) is 22.2. The number of amides is 1. The number of nitrogens with one attached hydrogen (secondary N) is 1. The Balaban J connectivity index is 1.43. The van der Waals surface area contributed by atoms with Crippen LogP contribution < -0.4 is 14.8 Å². The summed E-state index contributed by atoms with van der Waals surface area (Å²) in [5.41, 5.74) is 1.95. The molecule has 6 heteroatoms. The van der Waals surface area contributed by atoms with E-state index >= 15 is 0 Å². The molecule has 2 aromatic rings. The fourth-order valence-corrected chi connectivity index (χ4v) is 5.99. The molecule has 1 aliphatic carbocycles. The van der Waals surface area contributed by atoms with Crippen LogP contribution in [0.3, 0.4) is 0 Å². The van der Waals surface area contributed by atoms with Crippen molar-refractivity contribution in [3.63, 3.8) is 0 Å². The average Bonchev–Trinajstić information content (AvgIpc) is 3.41. The predicted octanol–water partition coefficient (Wildman–Crippen LogP) is 4.44. The third kappa shape index (κ3) is 4.72. The Bertz CT molecular complexity index is 960. The van der Waals surface area contributed by atoms with Gasteiger partial charge in [-0.1, -0.05) is 24.6 Å². The van der Waals surface area contributed by atoms with Gasteiger partial charge in [0.1, 0.15) is 0 Å². The molecule has 2 aliphatic heterocycles. The highest BCUT2D eigenvalue weighted by atomic mass is 16.5. The minimum absolute atomic E-state index is 0.168. The van der Waals surface area contributed by atoms with E-state index < -0.39 is 0 Å². The molecule has 0 bridgehead atoms. The number of hydrogen-bond donors (Lipinski definition) is 1. The summed E-state index contributed by atoms with van der Waals surface area (Å²) in [5, 5.41) is 3.44. The zero-order valence-corrected chi connectivity index (χ0v) is 19.6. The monoisotopic (exact) mass is 449 g/mol. The van der Waals surface area contributed by atoms with Gasteiger partial charge >= 0.3 is 0 Å². The highest BCUT2D eigenvalue weighted by molar-refractivity contribution is 5.77. The highest BCUT2D eigenvalue weighted by Gasteiger charge is 2.49. The molecule has 5 rings (SSSR count). The Labute approximate surface area is 196 Å². The second-order valence-corrected chi connectivity index (χ2v) is 9.86. The van der Waals surface area contributed by atoms with Gasteiger partial charge in [-0.3, -0.25) is 14.7 Å². The molecule has 0 radical (unpaired) electrons. The summed E-state index contributed by atoms with van der Waals surface area (Å²) in [6.07, 6.45) is 10.4. The van der Waals surface area contributed by atoms with Crippen molar-refractivity contribution in [1.29, 1.82) is 0 Å². The Morgan fingerprint density at radius 1 is 1.12 bits per heavy atom. The number of carbonyl (C=O) groups excluding carboxylic acids is 1. The summed E-state index contributed by atoms with van der Waals surface area (Å²) in [6.45, 7) is 2.44. The van der Waals surface area contributed by atoms with E-state index in [1.165, 1.54) is 12.8 Å². The molecule has 1 spiro atoms. The van der Waals surface area contributed by atoms with E-state index in [-0.39, 0.29) is 23.5 Å². The SMILES string of the molecule is COc1cccc(CN2C[C@@H](c3ccccn3)[C@@]3(CCCCC(=O)N3)C2)c1OC1CCCC1. The number of para-hydroxylation sites is 1. The molecule has 3 aliphatic rings. The van der Waals surface area contributed by atoms with Crippen molar-refractivity contribution in [3.8, 4) is 11.5 Å². The van der Waals surface area contributed by atoms with Crippen molar-refractivity contribution in [2.45, 2.75) is 75.5 Å². The summed E-state index contributed by atoms with van der Waals surface area (Å²) in [4.78, 5) is 19.8. The van der Waals surface area contributed by atoms with Crippen molar-refractivity contribution in [2.24, 2.45) is 0 Å². The summed E-state index contributed by atoms with van der Waals surface area (Å²) in [7, 11) is 1.71. The Hall–Kier alpha value is -2.60. The maximum atomic E-state index is 12.6. The number of rotatable bonds is 6. The van der Waals surface area contributed by atoms with E-state index in [0.29, 0.717) is 6.42 Å². The molecular formula is C27H35N3O3. The Morgan fingerprint density at radius 3 is 2.79 bits per heavy atom. The van der Waals surface area contributed by atoms with Crippen LogP contribution in [-0.4, -0.2) is 47.6 Å². The van der Waals surface area contributed by atoms with Crippen LogP contribution in [0, 0.1) is 0 Å². The summed E-state index contributed by atoms with van der Waals surface area (Å²) < 4.78 is 12.2. The first-order valence-electron chi connectivity index (χ1n) is 12.4. The topological polar surface area (TPSA) is 63.7 Å². The van der Waals surface area contributed by atoms with Crippen LogP contribution in [0.25, 0.3) is 0 Å². The van der Waals surface area contributed by atoms with E-state index in [2.05, 4.69) is 22.3 Å². The molecular weight excluding hydrogens is 414 g/mol. The van der Waals surface area contributed by atoms with Gasteiger partial charge in [-0.05, 0) is 56.7 Å². The standard InChI is InChI=1S/C27H35N3O3/c1-32-24-13-8-9-20(26(24)33-21-10-2-3-11-21)17-30-18-22(23-12-5-7-16-28-23)27(19-30)15-6-4-14-25(31)29-27/h5,7-9,12-13,16,21-22H,2-4,6,10-11,14-15,17-19H2,1H3,(H,29,31)/t22-,27+/m0/s1. The van der Waals surface area contributed by atoms with Gasteiger partial charge in [0.2, 0.25) is 5.91 Å². The predicted molar refractivity (Wildman–Crippen MR) is 127 cm³/mol. The maximum absolute atomic E-state index is 12.6. The number of carbonyl (C=O) groups is 1. The molecule has 1 aromatic heterocycles. The molecule has 1 aromatic carbocycles. The third-order valence-corrected chi connectivity index (χ3v) is 7.58. The summed E-state index contributed by atoms with van der Waals surface area (Å²) >= 11 is 0.